The lowest BCUT2D eigenvalue weighted by molar-refractivity contribution is -0.132. The molecule has 0 aromatic rings. The van der Waals surface area contributed by atoms with Crippen molar-refractivity contribution in [3.05, 3.63) is 10.6 Å². The Morgan fingerprint density at radius 3 is 2.45 bits per heavy atom. The van der Waals surface area contributed by atoms with Gasteiger partial charge in [-0.3, -0.25) is 4.79 Å². The van der Waals surface area contributed by atoms with Crippen LogP contribution < -0.4 is 0 Å². The fraction of sp³-hybridized carbons (Fsp3) is 0.842. The number of fused-ring (bicyclic) bond motifs is 5. The maximum Gasteiger partial charge on any atom is 0.139 e. The van der Waals surface area contributed by atoms with Gasteiger partial charge in [-0.2, -0.15) is 0 Å². The van der Waals surface area contributed by atoms with Crippen molar-refractivity contribution in [2.24, 2.45) is 28.6 Å². The van der Waals surface area contributed by atoms with Crippen LogP contribution in [0.5, 0.6) is 0 Å². The Balaban J connectivity index is 1.72. The molecular weight excluding hydrogens is 296 g/mol. The Hall–Kier alpha value is -0.340. The van der Waals surface area contributed by atoms with E-state index in [0.29, 0.717) is 23.5 Å². The summed E-state index contributed by atoms with van der Waals surface area (Å²) in [4.78, 5) is 12.4. The Labute approximate surface area is 138 Å². The minimum atomic E-state index is -0.441. The third kappa shape index (κ3) is 1.80. The third-order valence-electron chi connectivity index (χ3n) is 7.90. The molecule has 0 aromatic carbocycles. The molecule has 22 heavy (non-hydrogen) atoms. The Bertz CT molecular complexity index is 554. The van der Waals surface area contributed by atoms with Crippen LogP contribution in [0.2, 0.25) is 0 Å². The summed E-state index contributed by atoms with van der Waals surface area (Å²) < 4.78 is 0. The first-order chi connectivity index (χ1) is 10.4. The minimum absolute atomic E-state index is 0.0449. The van der Waals surface area contributed by atoms with Crippen LogP contribution in [0.1, 0.15) is 65.2 Å². The summed E-state index contributed by atoms with van der Waals surface area (Å²) in [7, 11) is 0. The topological polar surface area (TPSA) is 37.3 Å². The number of halogens is 1. The fourth-order valence-electron chi connectivity index (χ4n) is 6.57. The molecule has 0 aromatic heterocycles. The Morgan fingerprint density at radius 1 is 1.00 bits per heavy atom. The van der Waals surface area contributed by atoms with Crippen LogP contribution in [0.3, 0.4) is 0 Å². The van der Waals surface area contributed by atoms with Crippen LogP contribution in [0.25, 0.3) is 0 Å². The molecular formula is C19H27ClO2. The van der Waals surface area contributed by atoms with Crippen molar-refractivity contribution in [2.75, 3.05) is 0 Å². The highest BCUT2D eigenvalue weighted by molar-refractivity contribution is 6.30. The van der Waals surface area contributed by atoms with Gasteiger partial charge in [0.05, 0.1) is 6.10 Å². The molecule has 0 aliphatic heterocycles. The van der Waals surface area contributed by atoms with Crippen LogP contribution >= 0.6 is 11.6 Å². The third-order valence-corrected chi connectivity index (χ3v) is 8.38. The van der Waals surface area contributed by atoms with Gasteiger partial charge in [0, 0.05) is 16.9 Å². The fourth-order valence-corrected chi connectivity index (χ4v) is 6.98. The minimum Gasteiger partial charge on any atom is -0.388 e. The summed E-state index contributed by atoms with van der Waals surface area (Å²) in [5, 5.41) is 10.9. The number of allylic oxidation sites excluding steroid dienone is 1. The van der Waals surface area contributed by atoms with E-state index in [1.807, 2.05) is 0 Å². The molecule has 2 nitrogen and oxygen atoms in total. The van der Waals surface area contributed by atoms with Crippen LogP contribution in [0, 0.1) is 28.6 Å². The van der Waals surface area contributed by atoms with Crippen molar-refractivity contribution in [3.63, 3.8) is 0 Å². The number of carbonyl (C=O) groups excluding carboxylic acids is 1. The normalized spacial score (nSPS) is 51.4. The number of ketones is 1. The van der Waals surface area contributed by atoms with Gasteiger partial charge < -0.3 is 5.11 Å². The van der Waals surface area contributed by atoms with Gasteiger partial charge in [-0.1, -0.05) is 25.4 Å². The van der Waals surface area contributed by atoms with Gasteiger partial charge in [0.15, 0.2) is 0 Å². The SMILES string of the molecule is C[C@]12CCC(O)C(Cl)=C1CC[C@@H]1[C@@H]2CC[C@]2(C)C(=O)CC[C@@H]12. The molecule has 4 aliphatic rings. The van der Waals surface area contributed by atoms with Gasteiger partial charge in [0.1, 0.15) is 5.78 Å². The van der Waals surface area contributed by atoms with Gasteiger partial charge in [0.25, 0.3) is 0 Å². The zero-order chi connectivity index (χ0) is 15.7. The molecule has 4 rings (SSSR count). The second kappa shape index (κ2) is 4.83. The number of rotatable bonds is 0. The molecule has 0 saturated heterocycles. The highest BCUT2D eigenvalue weighted by Crippen LogP contribution is 2.65. The molecule has 0 amide bonds. The summed E-state index contributed by atoms with van der Waals surface area (Å²) in [5.41, 5.74) is 1.45. The van der Waals surface area contributed by atoms with Crippen molar-refractivity contribution in [1.29, 1.82) is 0 Å². The van der Waals surface area contributed by atoms with Gasteiger partial charge in [-0.15, -0.1) is 0 Å². The molecule has 122 valence electrons. The van der Waals surface area contributed by atoms with Crippen LogP contribution in [0.4, 0.5) is 0 Å². The lowest BCUT2D eigenvalue weighted by Crippen LogP contribution is -2.51. The largest absolute Gasteiger partial charge is 0.388 e. The average molecular weight is 323 g/mol. The molecule has 0 heterocycles. The number of hydrogen-bond donors (Lipinski definition) is 1. The molecule has 3 heteroatoms. The highest BCUT2D eigenvalue weighted by Gasteiger charge is 2.59. The van der Waals surface area contributed by atoms with Gasteiger partial charge in [-0.05, 0) is 73.7 Å². The lowest BCUT2D eigenvalue weighted by atomic mass is 9.47. The molecule has 0 bridgehead atoms. The second-order valence-electron chi connectivity index (χ2n) is 8.63. The second-order valence-corrected chi connectivity index (χ2v) is 9.04. The number of Topliss-reactive ketones (excluding diaryl/α,β-unsaturated/α-hetero) is 1. The van der Waals surface area contributed by atoms with E-state index in [0.717, 1.165) is 56.4 Å². The monoisotopic (exact) mass is 322 g/mol. The van der Waals surface area contributed by atoms with Crippen LogP contribution in [-0.4, -0.2) is 17.0 Å². The van der Waals surface area contributed by atoms with E-state index in [1.54, 1.807) is 0 Å². The molecule has 1 unspecified atom stereocenters. The highest BCUT2D eigenvalue weighted by atomic mass is 35.5. The predicted molar refractivity (Wildman–Crippen MR) is 87.5 cm³/mol. The van der Waals surface area contributed by atoms with Crippen molar-refractivity contribution < 1.29 is 9.90 Å². The van der Waals surface area contributed by atoms with E-state index in [2.05, 4.69) is 13.8 Å². The van der Waals surface area contributed by atoms with E-state index < -0.39 is 6.10 Å². The molecule has 1 N–H and O–H groups in total. The number of aliphatic hydroxyl groups is 1. The summed E-state index contributed by atoms with van der Waals surface area (Å²) in [6.45, 7) is 4.61. The zero-order valence-electron chi connectivity index (χ0n) is 13.7. The maximum atomic E-state index is 12.4. The van der Waals surface area contributed by atoms with E-state index in [9.17, 15) is 9.90 Å². The van der Waals surface area contributed by atoms with Gasteiger partial charge in [-0.25, -0.2) is 0 Å². The van der Waals surface area contributed by atoms with Gasteiger partial charge >= 0.3 is 0 Å². The van der Waals surface area contributed by atoms with Crippen molar-refractivity contribution >= 4 is 17.4 Å². The molecule has 3 saturated carbocycles. The summed E-state index contributed by atoms with van der Waals surface area (Å²) in [5.74, 6) is 2.43. The van der Waals surface area contributed by atoms with Crippen molar-refractivity contribution in [1.82, 2.24) is 0 Å². The zero-order valence-corrected chi connectivity index (χ0v) is 14.5. The number of aliphatic hydroxyl groups excluding tert-OH is 1. The van der Waals surface area contributed by atoms with E-state index in [4.69, 9.17) is 11.6 Å². The van der Waals surface area contributed by atoms with Crippen molar-refractivity contribution in [3.8, 4) is 0 Å². The first kappa shape index (κ1) is 15.2. The molecule has 0 radical (unpaired) electrons. The van der Waals surface area contributed by atoms with Gasteiger partial charge in [0.2, 0.25) is 0 Å². The smallest absolute Gasteiger partial charge is 0.139 e. The molecule has 4 aliphatic carbocycles. The predicted octanol–water partition coefficient (Wildman–Crippen LogP) is 4.45. The first-order valence-electron chi connectivity index (χ1n) is 8.98. The molecule has 3 fully saturated rings. The van der Waals surface area contributed by atoms with E-state index in [1.165, 1.54) is 5.57 Å². The number of carbonyl (C=O) groups is 1. The standard InChI is InChI=1S/C19H27ClO2/c1-18-10-8-15(21)17(20)14(18)4-3-11-12-5-6-16(22)19(12,2)9-7-13(11)18/h11-13,15,21H,3-10H2,1-2H3/t11-,12-,13-,15?,18+,19-/m0/s1. The van der Waals surface area contributed by atoms with E-state index in [-0.39, 0.29) is 10.8 Å². The molecule has 0 spiro atoms. The quantitative estimate of drug-likeness (QED) is 0.715. The molecule has 6 atom stereocenters. The lowest BCUT2D eigenvalue weighted by Gasteiger charge is -2.57. The van der Waals surface area contributed by atoms with Crippen LogP contribution in [-0.2, 0) is 4.79 Å². The number of hydrogen-bond acceptors (Lipinski definition) is 2. The Kier molecular flexibility index (Phi) is 3.34. The van der Waals surface area contributed by atoms with Crippen LogP contribution in [0.15, 0.2) is 10.6 Å². The summed E-state index contributed by atoms with van der Waals surface area (Å²) >= 11 is 6.50. The average Bonchev–Trinajstić information content (AvgIpc) is 2.79. The summed E-state index contributed by atoms with van der Waals surface area (Å²) in [6.07, 6.45) is 7.69. The first-order valence-corrected chi connectivity index (χ1v) is 9.36. The Morgan fingerprint density at radius 2 is 1.68 bits per heavy atom. The van der Waals surface area contributed by atoms with E-state index >= 15 is 0 Å². The maximum absolute atomic E-state index is 12.4. The summed E-state index contributed by atoms with van der Waals surface area (Å²) in [6, 6.07) is 0. The van der Waals surface area contributed by atoms with Crippen molar-refractivity contribution in [2.45, 2.75) is 71.3 Å².